The number of aliphatic imine (C=N–C) groups is 1. The van der Waals surface area contributed by atoms with E-state index in [1.165, 1.54) is 65.0 Å². The van der Waals surface area contributed by atoms with Crippen LogP contribution in [0, 0.1) is 13.8 Å². The molecule has 3 aromatic heterocycles. The average Bonchev–Trinajstić information content (AvgIpc) is 3.28. The Balaban J connectivity index is 0.000000754. The minimum Gasteiger partial charge on any atom is -0.748 e. The Bertz CT molecular complexity index is 3610. The Morgan fingerprint density at radius 2 is 1.18 bits per heavy atom. The molecule has 0 aliphatic carbocycles. The van der Waals surface area contributed by atoms with Gasteiger partial charge in [0.2, 0.25) is 34.1 Å². The molecule has 4 aromatic carbocycles. The van der Waals surface area contributed by atoms with Crippen LogP contribution in [-0.4, -0.2) is 116 Å². The van der Waals surface area contributed by atoms with Crippen molar-refractivity contribution in [1.82, 2.24) is 39.9 Å². The number of anilines is 9. The van der Waals surface area contributed by atoms with Crippen molar-refractivity contribution < 1.29 is 204 Å². The van der Waals surface area contributed by atoms with Gasteiger partial charge in [0.25, 0.3) is 5.95 Å². The van der Waals surface area contributed by atoms with E-state index in [-0.39, 0.29) is 159 Å². The van der Waals surface area contributed by atoms with E-state index in [0.29, 0.717) is 29.5 Å². The molecule has 0 fully saturated rings. The van der Waals surface area contributed by atoms with E-state index < -0.39 is 86.9 Å². The molecule has 0 radical (unpaired) electrons. The number of nitrogens with one attached hydrogen (secondary N) is 5. The Kier molecular flexibility index (Phi) is 30.8. The Labute approximate surface area is 545 Å². The molecule has 5 N–H and O–H groups in total. The number of hydrogen-bond acceptors (Lipinski definition) is 30. The summed E-state index contributed by atoms with van der Waals surface area (Å²) in [5, 5.41) is 26.7. The van der Waals surface area contributed by atoms with Crippen LogP contribution in [0.25, 0.3) is 10.8 Å². The summed E-state index contributed by atoms with van der Waals surface area (Å²) in [7, 11) is -19.4. The molecule has 7 rings (SSSR count). The van der Waals surface area contributed by atoms with Crippen LogP contribution in [0.15, 0.2) is 111 Å². The molecule has 77 heavy (non-hydrogen) atoms. The summed E-state index contributed by atoms with van der Waals surface area (Å²) >= 11 is 0.536. The molecule has 0 unspecified atom stereocenters. The first-order valence-electron chi connectivity index (χ1n) is 19.7. The molecule has 29 nitrogen and oxygen atoms in total. The normalized spacial score (nSPS) is 11.2. The maximum atomic E-state index is 11.5. The number of fused-ring (bicyclic) bond motifs is 1. The molecule has 7 aromatic rings. The first kappa shape index (κ1) is 72.4. The van der Waals surface area contributed by atoms with Gasteiger partial charge in [-0.3, -0.25) is 5.04 Å². The second-order valence-electron chi connectivity index (χ2n) is 14.2. The van der Waals surface area contributed by atoms with Crippen LogP contribution in [0.3, 0.4) is 0 Å². The van der Waals surface area contributed by atoms with Gasteiger partial charge in [0.15, 0.2) is 20.2 Å². The molecule has 0 spiro atoms. The Morgan fingerprint density at radius 1 is 0.610 bits per heavy atom. The van der Waals surface area contributed by atoms with E-state index in [9.17, 15) is 57.1 Å². The van der Waals surface area contributed by atoms with E-state index in [1.807, 2.05) is 6.07 Å². The molecule has 39 heteroatoms. The van der Waals surface area contributed by atoms with Crippen molar-refractivity contribution in [2.75, 3.05) is 44.6 Å². The van der Waals surface area contributed by atoms with Crippen molar-refractivity contribution in [3.8, 4) is 0 Å². The van der Waals surface area contributed by atoms with Gasteiger partial charge >= 0.3 is 137 Å². The van der Waals surface area contributed by atoms with Crippen LogP contribution in [0.4, 0.5) is 58.3 Å². The van der Waals surface area contributed by atoms with Gasteiger partial charge in [-0.25, -0.2) is 43.6 Å². The van der Waals surface area contributed by atoms with E-state index in [0.717, 1.165) is 17.3 Å². The van der Waals surface area contributed by atoms with E-state index in [2.05, 4.69) is 119 Å². The van der Waals surface area contributed by atoms with Gasteiger partial charge in [-0.05, 0) is 90.8 Å². The molecule has 0 saturated carbocycles. The van der Waals surface area contributed by atoms with Crippen LogP contribution < -0.4 is 169 Å². The SMILES string of the molecule is Cc1cc(C)c2ccc(Nc3nccc(Nc4ccc(S(=O)(=O)[O-])cc4)n3)cc2c1.O=S(=O)([O-])CCNc1nc(Nc2cccc(Nc3nc(N=CCSOO[O-])nc(S(=O)(=O)[O-])n3)c2)nc(S(=O)(=O)[O-])n1.[Li+].[Na+].[Na+].[Na+].[Na+]. The molecular weight excluding hydrogens is 1150 g/mol. The summed E-state index contributed by atoms with van der Waals surface area (Å²) in [6, 6.07) is 23.3. The number of hydrogen-bond donors (Lipinski definition) is 5. The van der Waals surface area contributed by atoms with Crippen molar-refractivity contribution in [2.45, 2.75) is 29.1 Å². The predicted molar refractivity (Wildman–Crippen MR) is 251 cm³/mol. The van der Waals surface area contributed by atoms with E-state index >= 15 is 0 Å². The molecular formula is C38H33LiN14Na4O15S5. The van der Waals surface area contributed by atoms with E-state index in [1.54, 1.807) is 12.3 Å². The average molecular weight is 1190 g/mol. The summed E-state index contributed by atoms with van der Waals surface area (Å²) in [6.07, 6.45) is 2.73. The maximum absolute atomic E-state index is 11.5. The minimum atomic E-state index is -5.20. The second kappa shape index (κ2) is 32.7. The number of rotatable bonds is 20. The zero-order chi connectivity index (χ0) is 52.3. The van der Waals surface area contributed by atoms with Gasteiger partial charge in [-0.15, -0.1) is 0 Å². The van der Waals surface area contributed by atoms with Gasteiger partial charge < -0.3 is 50.1 Å². The molecule has 0 bridgehead atoms. The first-order valence-corrected chi connectivity index (χ1v) is 26.4. The molecule has 380 valence electrons. The first-order chi connectivity index (χ1) is 33.9. The van der Waals surface area contributed by atoms with Gasteiger partial charge in [0.05, 0.1) is 26.5 Å². The molecule has 3 heterocycles. The third-order valence-corrected chi connectivity index (χ3v) is 12.0. The van der Waals surface area contributed by atoms with Crippen molar-refractivity contribution in [3.05, 3.63) is 102 Å². The maximum Gasteiger partial charge on any atom is 1.00 e. The largest absolute Gasteiger partial charge is 1.00 e. The standard InChI is InChI=1S/C22H20N4O3S.C16H18N10O12S4.Li.4Na/c1-14-11-15(2)20-8-5-18(13-16(20)12-14)25-22-23-10-9-21(26-22)24-17-3-6-19(7-4-17)30(27,28)29;27-37-38-39-6-4-17-11-21-13(25-15(23-11)41(31,32)33)19-9-2-1-3-10(8-9)20-14-22-12(18-5-7-40(28,29)30)24-16(26-14)42(34,35)36;;;;;/h3-13H,1-2H3,(H,27,28,29)(H2,23,24,25,26);1-4,8,27H,5-7H2,(H,28,29,30)(H,31,32,33)(H,34,35,36)(H,19,21,23,25)(H2,18,20,22,24,26);;;;;/q;;5*+1/p-5. The van der Waals surface area contributed by atoms with E-state index in [4.69, 9.17) is 0 Å². The van der Waals surface area contributed by atoms with Crippen LogP contribution in [0.1, 0.15) is 11.1 Å². The van der Waals surface area contributed by atoms with Gasteiger partial charge in [-0.1, -0.05) is 29.8 Å². The fraction of sp³-hybridized carbons (Fsp3) is 0.132. The summed E-state index contributed by atoms with van der Waals surface area (Å²) in [6.45, 7) is 3.66. The third kappa shape index (κ3) is 24.2. The Hall–Kier alpha value is -2.62. The van der Waals surface area contributed by atoms with Gasteiger partial charge in [0, 0.05) is 53.7 Å². The topological polar surface area (TPSA) is 446 Å². The summed E-state index contributed by atoms with van der Waals surface area (Å²) < 4.78 is 138. The van der Waals surface area contributed by atoms with Crippen molar-refractivity contribution in [2.24, 2.45) is 4.99 Å². The molecule has 0 aliphatic heterocycles. The summed E-state index contributed by atoms with van der Waals surface area (Å²) in [5.41, 5.74) is 4.22. The minimum absolute atomic E-state index is 0. The number of benzene rings is 4. The zero-order valence-corrected chi connectivity index (χ0v) is 53.6. The van der Waals surface area contributed by atoms with Crippen molar-refractivity contribution >= 4 is 128 Å². The van der Waals surface area contributed by atoms with Crippen LogP contribution in [0.2, 0.25) is 0 Å². The zero-order valence-electron chi connectivity index (χ0n) is 41.5. The van der Waals surface area contributed by atoms with Crippen LogP contribution >= 0.6 is 12.0 Å². The van der Waals surface area contributed by atoms with Crippen molar-refractivity contribution in [3.63, 3.8) is 0 Å². The fourth-order valence-corrected chi connectivity index (χ4v) is 7.73. The smallest absolute Gasteiger partial charge is 0.748 e. The number of aromatic nitrogens is 8. The molecule has 0 amide bonds. The summed E-state index contributed by atoms with van der Waals surface area (Å²) in [5.74, 6) is -1.94. The molecule has 0 saturated heterocycles. The number of nitrogens with zero attached hydrogens (tertiary/aromatic N) is 9. The predicted octanol–water partition coefficient (Wildman–Crippen LogP) is -12.5. The Morgan fingerprint density at radius 3 is 1.78 bits per heavy atom. The van der Waals surface area contributed by atoms with Gasteiger partial charge in [0.1, 0.15) is 15.9 Å². The van der Waals surface area contributed by atoms with Crippen LogP contribution in [-0.2, 0) is 49.8 Å². The fourth-order valence-electron chi connectivity index (χ4n) is 5.89. The monoisotopic (exact) mass is 1180 g/mol. The molecule has 0 atom stereocenters. The third-order valence-electron chi connectivity index (χ3n) is 8.73. The van der Waals surface area contributed by atoms with Crippen LogP contribution in [0.5, 0.6) is 0 Å². The molecule has 0 aliphatic rings. The quantitative estimate of drug-likeness (QED) is 0.00900. The van der Waals surface area contributed by atoms with Crippen molar-refractivity contribution in [1.29, 1.82) is 0 Å². The summed E-state index contributed by atoms with van der Waals surface area (Å²) in [4.78, 5) is 33.7. The number of aryl methyl sites for hydroxylation is 2. The second-order valence-corrected chi connectivity index (χ2v) is 20.3. The van der Waals surface area contributed by atoms with Gasteiger partial charge in [-0.2, -0.15) is 39.2 Å².